The van der Waals surface area contributed by atoms with E-state index in [0.29, 0.717) is 18.4 Å². The molecule has 39 heavy (non-hydrogen) atoms. The number of rotatable bonds is 5. The van der Waals surface area contributed by atoms with Crippen LogP contribution in [0.3, 0.4) is 0 Å². The Morgan fingerprint density at radius 1 is 0.923 bits per heavy atom. The van der Waals surface area contributed by atoms with E-state index in [1.165, 1.54) is 9.47 Å². The summed E-state index contributed by atoms with van der Waals surface area (Å²) in [6.07, 6.45) is 1.47. The van der Waals surface area contributed by atoms with Crippen LogP contribution in [-0.2, 0) is 25.1 Å². The molecular weight excluding hydrogens is 512 g/mol. The predicted octanol–water partition coefficient (Wildman–Crippen LogP) is 7.14. The Bertz CT molecular complexity index is 1230. The summed E-state index contributed by atoms with van der Waals surface area (Å²) in [6.45, 7) is 21.9. The van der Waals surface area contributed by atoms with Gasteiger partial charge in [-0.1, -0.05) is 39.0 Å². The molecule has 2 heterocycles. The van der Waals surface area contributed by atoms with E-state index in [1.807, 2.05) is 45.0 Å². The number of amides is 2. The molecular formula is C30H46N2O6Si. The van der Waals surface area contributed by atoms with E-state index in [4.69, 9.17) is 13.9 Å². The van der Waals surface area contributed by atoms with E-state index in [-0.39, 0.29) is 17.6 Å². The lowest BCUT2D eigenvalue weighted by Crippen LogP contribution is -2.48. The monoisotopic (exact) mass is 558 g/mol. The second-order valence-electron chi connectivity index (χ2n) is 14.1. The molecule has 0 bridgehead atoms. The van der Waals surface area contributed by atoms with E-state index in [1.54, 1.807) is 27.0 Å². The Morgan fingerprint density at radius 2 is 1.49 bits per heavy atom. The Balaban J connectivity index is 1.92. The minimum atomic E-state index is -2.11. The lowest BCUT2D eigenvalue weighted by Gasteiger charge is -2.37. The normalized spacial score (nSPS) is 19.1. The van der Waals surface area contributed by atoms with Crippen LogP contribution < -0.4 is 0 Å². The highest BCUT2D eigenvalue weighted by atomic mass is 28.4. The first-order valence-corrected chi connectivity index (χ1v) is 16.6. The number of nitrogens with zero attached hydrogens (tertiary/aromatic N) is 2. The van der Waals surface area contributed by atoms with Crippen molar-refractivity contribution in [3.05, 3.63) is 36.0 Å². The van der Waals surface area contributed by atoms with Gasteiger partial charge in [-0.25, -0.2) is 14.5 Å². The van der Waals surface area contributed by atoms with Gasteiger partial charge in [0.05, 0.1) is 18.2 Å². The molecule has 3 rings (SSSR count). The van der Waals surface area contributed by atoms with Crippen LogP contribution in [-0.4, -0.2) is 59.7 Å². The first kappa shape index (κ1) is 30.9. The molecule has 0 unspecified atom stereocenters. The summed E-state index contributed by atoms with van der Waals surface area (Å²) >= 11 is 0. The largest absolute Gasteiger partial charge is 0.443 e. The Labute approximate surface area is 234 Å². The molecule has 1 aromatic heterocycles. The zero-order valence-electron chi connectivity index (χ0n) is 25.5. The lowest BCUT2D eigenvalue weighted by molar-refractivity contribution is -0.131. The maximum absolute atomic E-state index is 13.7. The highest BCUT2D eigenvalue weighted by Crippen LogP contribution is 2.38. The molecule has 0 aliphatic carbocycles. The third-order valence-corrected chi connectivity index (χ3v) is 11.9. The summed E-state index contributed by atoms with van der Waals surface area (Å²) in [5.74, 6) is -0.731. The van der Waals surface area contributed by atoms with Crippen LogP contribution in [0, 0.1) is 5.92 Å². The fourth-order valence-corrected chi connectivity index (χ4v) is 5.48. The number of aromatic nitrogens is 1. The molecule has 0 radical (unpaired) electrons. The lowest BCUT2D eigenvalue weighted by atomic mass is 9.96. The number of ether oxygens (including phenoxy) is 2. The van der Waals surface area contributed by atoms with Gasteiger partial charge >= 0.3 is 12.2 Å². The predicted molar refractivity (Wildman–Crippen MR) is 155 cm³/mol. The average molecular weight is 559 g/mol. The van der Waals surface area contributed by atoms with Gasteiger partial charge in [0.1, 0.15) is 11.2 Å². The number of fused-ring (bicyclic) bond motifs is 1. The van der Waals surface area contributed by atoms with Crippen molar-refractivity contribution in [2.75, 3.05) is 6.61 Å². The molecule has 0 spiro atoms. The van der Waals surface area contributed by atoms with Crippen molar-refractivity contribution in [3.8, 4) is 0 Å². The third kappa shape index (κ3) is 7.31. The van der Waals surface area contributed by atoms with Gasteiger partial charge in [0.25, 0.3) is 0 Å². The maximum Gasteiger partial charge on any atom is 0.419 e. The number of likely N-dealkylation sites (tertiary alicyclic amines) is 1. The Morgan fingerprint density at radius 3 is 2.05 bits per heavy atom. The first-order chi connectivity index (χ1) is 17.7. The Kier molecular flexibility index (Phi) is 8.49. The van der Waals surface area contributed by atoms with Crippen LogP contribution in [0.4, 0.5) is 9.59 Å². The van der Waals surface area contributed by atoms with Crippen molar-refractivity contribution in [2.24, 2.45) is 5.92 Å². The van der Waals surface area contributed by atoms with Crippen LogP contribution >= 0.6 is 0 Å². The number of hydrogen-bond donors (Lipinski definition) is 0. The van der Waals surface area contributed by atoms with Gasteiger partial charge in [0, 0.05) is 17.5 Å². The summed E-state index contributed by atoms with van der Waals surface area (Å²) in [4.78, 5) is 41.2. The first-order valence-electron chi connectivity index (χ1n) is 13.7. The fourth-order valence-electron chi connectivity index (χ4n) is 4.44. The average Bonchev–Trinajstić information content (AvgIpc) is 3.27. The van der Waals surface area contributed by atoms with Gasteiger partial charge in [-0.15, -0.1) is 0 Å². The number of hydrogen-bond acceptors (Lipinski definition) is 6. The molecule has 0 N–H and O–H groups in total. The summed E-state index contributed by atoms with van der Waals surface area (Å²) in [7, 11) is -2.11. The number of imide groups is 1. The zero-order valence-corrected chi connectivity index (χ0v) is 26.5. The molecule has 1 aromatic carbocycles. The van der Waals surface area contributed by atoms with Crippen molar-refractivity contribution in [3.63, 3.8) is 0 Å². The molecule has 2 amide bonds. The molecule has 2 aromatic rings. The molecule has 8 nitrogen and oxygen atoms in total. The highest BCUT2D eigenvalue weighted by Gasteiger charge is 2.47. The molecule has 1 aliphatic heterocycles. The number of para-hydroxylation sites is 1. The van der Waals surface area contributed by atoms with Gasteiger partial charge in [0.2, 0.25) is 5.91 Å². The van der Waals surface area contributed by atoms with E-state index < -0.39 is 43.7 Å². The van der Waals surface area contributed by atoms with Crippen molar-refractivity contribution in [1.29, 1.82) is 0 Å². The van der Waals surface area contributed by atoms with Crippen LogP contribution in [0.15, 0.2) is 30.5 Å². The van der Waals surface area contributed by atoms with E-state index in [9.17, 15) is 14.4 Å². The van der Waals surface area contributed by atoms with Gasteiger partial charge in [0.15, 0.2) is 8.32 Å². The number of benzene rings is 1. The smallest absolute Gasteiger partial charge is 0.419 e. The summed E-state index contributed by atoms with van der Waals surface area (Å²) in [5, 5.41) is 0.871. The van der Waals surface area contributed by atoms with Crippen molar-refractivity contribution in [1.82, 2.24) is 9.47 Å². The maximum atomic E-state index is 13.7. The SMILES string of the molecule is CC(C)(C)OC(=O)N1C(=O)[C@@H](Cc2cn(C(=O)OC(C)(C)C)c3ccccc23)C[C@H]1CO[Si](C)(C)C(C)(C)C. The highest BCUT2D eigenvalue weighted by molar-refractivity contribution is 6.74. The minimum absolute atomic E-state index is 0.00471. The van der Waals surface area contributed by atoms with Crippen LogP contribution in [0.5, 0.6) is 0 Å². The molecule has 0 saturated carbocycles. The van der Waals surface area contributed by atoms with Crippen LogP contribution in [0.1, 0.15) is 74.3 Å². The fraction of sp³-hybridized carbons (Fsp3) is 0.633. The summed E-state index contributed by atoms with van der Waals surface area (Å²) in [5.41, 5.74) is 0.190. The van der Waals surface area contributed by atoms with E-state index >= 15 is 0 Å². The number of carbonyl (C=O) groups excluding carboxylic acids is 3. The van der Waals surface area contributed by atoms with E-state index in [2.05, 4.69) is 33.9 Å². The zero-order chi connectivity index (χ0) is 29.6. The van der Waals surface area contributed by atoms with Crippen molar-refractivity contribution in [2.45, 2.75) is 111 Å². The van der Waals surface area contributed by atoms with Gasteiger partial charge < -0.3 is 13.9 Å². The topological polar surface area (TPSA) is 87.1 Å². The van der Waals surface area contributed by atoms with Crippen LogP contribution in [0.2, 0.25) is 18.1 Å². The Hall–Kier alpha value is -2.65. The number of carbonyl (C=O) groups is 3. The summed E-state index contributed by atoms with van der Waals surface area (Å²) < 4.78 is 19.2. The molecule has 1 fully saturated rings. The summed E-state index contributed by atoms with van der Waals surface area (Å²) in [6, 6.07) is 7.15. The quantitative estimate of drug-likeness (QED) is 0.363. The molecule has 1 aliphatic rings. The second kappa shape index (κ2) is 10.7. The molecule has 216 valence electrons. The standard InChI is InChI=1S/C30H46N2O6Si/c1-28(2,3)37-26(34)31-18-21(23-14-12-13-15-24(23)31)16-20-17-22(19-36-39(10,11)30(7,8)9)32(25(20)33)27(35)38-29(4,5)6/h12-15,18,20,22H,16-17,19H2,1-11H3/t20-,22-/m0/s1. The van der Waals surface area contributed by atoms with Gasteiger partial charge in [-0.05, 0) is 84.1 Å². The van der Waals surface area contributed by atoms with Crippen LogP contribution in [0.25, 0.3) is 10.9 Å². The molecule has 2 atom stereocenters. The third-order valence-electron chi connectivity index (χ3n) is 7.39. The minimum Gasteiger partial charge on any atom is -0.443 e. The van der Waals surface area contributed by atoms with Gasteiger partial charge in [-0.3, -0.25) is 9.36 Å². The second-order valence-corrected chi connectivity index (χ2v) is 18.9. The van der Waals surface area contributed by atoms with Crippen molar-refractivity contribution >= 4 is 37.3 Å². The van der Waals surface area contributed by atoms with Gasteiger partial charge in [-0.2, -0.15) is 0 Å². The van der Waals surface area contributed by atoms with E-state index in [0.717, 1.165) is 10.9 Å². The van der Waals surface area contributed by atoms with Crippen molar-refractivity contribution < 1.29 is 28.3 Å². The molecule has 9 heteroatoms. The molecule has 1 saturated heterocycles.